The molecule has 0 saturated carbocycles. The van der Waals surface area contributed by atoms with Gasteiger partial charge in [0, 0.05) is 0 Å². The van der Waals surface area contributed by atoms with Crippen LogP contribution in [0.15, 0.2) is 0 Å². The largest absolute Gasteiger partial charge is 0.458 e. The number of ether oxygens (including phenoxy) is 3. The minimum absolute atomic E-state index is 0.0650. The first-order chi connectivity index (χ1) is 9.44. The van der Waals surface area contributed by atoms with Crippen molar-refractivity contribution in [1.29, 1.82) is 10.5 Å². The molecule has 0 saturated heterocycles. The van der Waals surface area contributed by atoms with Gasteiger partial charge in [-0.1, -0.05) is 0 Å². The molecule has 0 aromatic heterocycles. The Morgan fingerprint density at radius 3 is 2.05 bits per heavy atom. The summed E-state index contributed by atoms with van der Waals surface area (Å²) in [4.78, 5) is 11.3. The second-order valence-corrected chi connectivity index (χ2v) is 4.41. The second-order valence-electron chi connectivity index (χ2n) is 4.41. The number of rotatable bonds is 9. The Morgan fingerprint density at radius 1 is 1.05 bits per heavy atom. The Bertz CT molecular complexity index is 360. The molecule has 0 heterocycles. The van der Waals surface area contributed by atoms with Crippen LogP contribution in [0.25, 0.3) is 0 Å². The van der Waals surface area contributed by atoms with Crippen molar-refractivity contribution in [3.63, 3.8) is 0 Å². The quantitative estimate of drug-likeness (QED) is 0.609. The normalized spacial score (nSPS) is 14.9. The maximum Gasteiger partial charge on any atom is 0.338 e. The fourth-order valence-corrected chi connectivity index (χ4v) is 1.13. The van der Waals surface area contributed by atoms with E-state index in [9.17, 15) is 4.79 Å². The summed E-state index contributed by atoms with van der Waals surface area (Å²) in [5.41, 5.74) is 0. The van der Waals surface area contributed by atoms with Gasteiger partial charge >= 0.3 is 5.97 Å². The summed E-state index contributed by atoms with van der Waals surface area (Å²) < 4.78 is 15.6. The second kappa shape index (κ2) is 10.2. The third-order valence-electron chi connectivity index (χ3n) is 2.30. The Balaban J connectivity index is 3.94. The van der Waals surface area contributed by atoms with Gasteiger partial charge in [-0.25, -0.2) is 4.79 Å². The maximum atomic E-state index is 11.3. The van der Waals surface area contributed by atoms with Crippen molar-refractivity contribution < 1.29 is 24.1 Å². The molecule has 0 aromatic rings. The third kappa shape index (κ3) is 7.70. The van der Waals surface area contributed by atoms with E-state index in [1.54, 1.807) is 32.9 Å². The number of aliphatic hydroxyl groups is 1. The molecule has 0 radical (unpaired) electrons. The van der Waals surface area contributed by atoms with Crippen LogP contribution in [0.5, 0.6) is 0 Å². The molecule has 7 heteroatoms. The molecule has 1 N–H and O–H groups in total. The number of nitriles is 2. The maximum absolute atomic E-state index is 11.3. The lowest BCUT2D eigenvalue weighted by Crippen LogP contribution is -2.28. The number of carbonyl (C=O) groups excluding carboxylic acids is 1. The molecule has 0 aliphatic rings. The van der Waals surface area contributed by atoms with E-state index in [4.69, 9.17) is 29.8 Å². The monoisotopic (exact) mass is 284 g/mol. The summed E-state index contributed by atoms with van der Waals surface area (Å²) in [6.07, 6.45) is -1.05. The first-order valence-electron chi connectivity index (χ1n) is 6.28. The summed E-state index contributed by atoms with van der Waals surface area (Å²) in [6.45, 7) is 5.50. The summed E-state index contributed by atoms with van der Waals surface area (Å²) in [7, 11) is 0. The van der Waals surface area contributed by atoms with E-state index in [1.165, 1.54) is 0 Å². The number of hydrogen-bond acceptors (Lipinski definition) is 7. The van der Waals surface area contributed by atoms with Crippen molar-refractivity contribution in [3.8, 4) is 12.1 Å². The molecule has 3 atom stereocenters. The molecule has 0 amide bonds. The van der Waals surface area contributed by atoms with Crippen molar-refractivity contribution in [1.82, 2.24) is 0 Å². The van der Waals surface area contributed by atoms with Crippen LogP contribution in [0, 0.1) is 28.6 Å². The van der Waals surface area contributed by atoms with E-state index in [0.29, 0.717) is 6.61 Å². The van der Waals surface area contributed by atoms with E-state index in [-0.39, 0.29) is 25.4 Å². The Morgan fingerprint density at radius 2 is 1.55 bits per heavy atom. The highest BCUT2D eigenvalue weighted by Gasteiger charge is 2.21. The zero-order valence-electron chi connectivity index (χ0n) is 11.9. The number of aliphatic hydroxyl groups excluding tert-OH is 1. The van der Waals surface area contributed by atoms with Crippen molar-refractivity contribution >= 4 is 5.97 Å². The van der Waals surface area contributed by atoms with Crippen LogP contribution in [0.3, 0.4) is 0 Å². The Labute approximate surface area is 118 Å². The number of hydrogen-bond donors (Lipinski definition) is 1. The average Bonchev–Trinajstić information content (AvgIpc) is 2.43. The fraction of sp³-hybridized carbons (Fsp3) is 0.769. The molecule has 0 aliphatic heterocycles. The van der Waals surface area contributed by atoms with Gasteiger partial charge in [0.15, 0.2) is 0 Å². The van der Waals surface area contributed by atoms with Crippen molar-refractivity contribution in [2.45, 2.75) is 39.1 Å². The van der Waals surface area contributed by atoms with Gasteiger partial charge in [0.05, 0.1) is 44.2 Å². The first-order valence-corrected chi connectivity index (χ1v) is 6.28. The van der Waals surface area contributed by atoms with Gasteiger partial charge in [0.25, 0.3) is 0 Å². The lowest BCUT2D eigenvalue weighted by Gasteiger charge is -2.19. The molecule has 0 aliphatic carbocycles. The average molecular weight is 284 g/mol. The van der Waals surface area contributed by atoms with Gasteiger partial charge in [0.1, 0.15) is 6.10 Å². The molecule has 0 fully saturated rings. The molecule has 0 aromatic carbocycles. The first kappa shape index (κ1) is 18.3. The highest BCUT2D eigenvalue weighted by Crippen LogP contribution is 2.03. The minimum Gasteiger partial charge on any atom is -0.458 e. The van der Waals surface area contributed by atoms with E-state index in [0.717, 1.165) is 0 Å². The highest BCUT2D eigenvalue weighted by molar-refractivity contribution is 5.78. The number of nitrogens with zero attached hydrogens (tertiary/aromatic N) is 2. The summed E-state index contributed by atoms with van der Waals surface area (Å²) >= 11 is 0. The van der Waals surface area contributed by atoms with Crippen molar-refractivity contribution in [2.24, 2.45) is 5.92 Å². The molecule has 0 bridgehead atoms. The molecule has 112 valence electrons. The lowest BCUT2D eigenvalue weighted by molar-refractivity contribution is -0.154. The summed E-state index contributed by atoms with van der Waals surface area (Å²) in [6, 6.07) is 3.08. The fourth-order valence-electron chi connectivity index (χ4n) is 1.13. The van der Waals surface area contributed by atoms with Crippen LogP contribution in [-0.2, 0) is 19.0 Å². The zero-order chi connectivity index (χ0) is 15.5. The zero-order valence-corrected chi connectivity index (χ0v) is 11.9. The van der Waals surface area contributed by atoms with Crippen LogP contribution in [-0.4, -0.2) is 49.2 Å². The van der Waals surface area contributed by atoms with Crippen molar-refractivity contribution in [2.75, 3.05) is 19.8 Å². The summed E-state index contributed by atoms with van der Waals surface area (Å²) in [5.74, 6) is -2.28. The van der Waals surface area contributed by atoms with Crippen LogP contribution >= 0.6 is 0 Å². The molecule has 0 rings (SSSR count). The SMILES string of the molecule is CC(CO)OCC(C)OCC(C)OC(=O)C(C#N)C#N. The minimum atomic E-state index is -1.41. The van der Waals surface area contributed by atoms with Gasteiger partial charge in [0.2, 0.25) is 5.92 Å². The van der Waals surface area contributed by atoms with Crippen LogP contribution < -0.4 is 0 Å². The molecule has 3 unspecified atom stereocenters. The topological polar surface area (TPSA) is 113 Å². The third-order valence-corrected chi connectivity index (χ3v) is 2.30. The predicted octanol–water partition coefficient (Wildman–Crippen LogP) is 0.384. The summed E-state index contributed by atoms with van der Waals surface area (Å²) in [5, 5.41) is 25.9. The van der Waals surface area contributed by atoms with E-state index >= 15 is 0 Å². The number of carbonyl (C=O) groups is 1. The van der Waals surface area contributed by atoms with Gasteiger partial charge in [-0.3, -0.25) is 0 Å². The molecule has 0 spiro atoms. The van der Waals surface area contributed by atoms with Gasteiger partial charge in [-0.05, 0) is 20.8 Å². The highest BCUT2D eigenvalue weighted by atomic mass is 16.6. The Hall–Kier alpha value is -1.67. The molecular formula is C13H20N2O5. The Kier molecular flexibility index (Phi) is 9.31. The smallest absolute Gasteiger partial charge is 0.338 e. The number of esters is 1. The van der Waals surface area contributed by atoms with Gasteiger partial charge in [-0.15, -0.1) is 0 Å². The van der Waals surface area contributed by atoms with E-state index < -0.39 is 18.0 Å². The lowest BCUT2D eigenvalue weighted by atomic mass is 10.2. The molecule has 20 heavy (non-hydrogen) atoms. The van der Waals surface area contributed by atoms with E-state index in [2.05, 4.69) is 0 Å². The van der Waals surface area contributed by atoms with Gasteiger partial charge in [-0.2, -0.15) is 10.5 Å². The van der Waals surface area contributed by atoms with Gasteiger partial charge < -0.3 is 19.3 Å². The standard InChI is InChI=1S/C13H20N2O5/c1-9(6-16)18-7-10(2)19-8-11(3)20-13(17)12(4-14)5-15/h9-12,16H,6-8H2,1-3H3. The molecular weight excluding hydrogens is 264 g/mol. The van der Waals surface area contributed by atoms with Crippen LogP contribution in [0.1, 0.15) is 20.8 Å². The van der Waals surface area contributed by atoms with Crippen molar-refractivity contribution in [3.05, 3.63) is 0 Å². The van der Waals surface area contributed by atoms with Crippen LogP contribution in [0.2, 0.25) is 0 Å². The van der Waals surface area contributed by atoms with Crippen LogP contribution in [0.4, 0.5) is 0 Å². The molecule has 7 nitrogen and oxygen atoms in total. The van der Waals surface area contributed by atoms with E-state index in [1.807, 2.05) is 0 Å². The predicted molar refractivity (Wildman–Crippen MR) is 68.2 cm³/mol.